The lowest BCUT2D eigenvalue weighted by Gasteiger charge is -2.27. The van der Waals surface area contributed by atoms with Crippen molar-refractivity contribution in [1.29, 1.82) is 0 Å². The van der Waals surface area contributed by atoms with E-state index >= 15 is 0 Å². The van der Waals surface area contributed by atoms with Crippen molar-refractivity contribution in [3.63, 3.8) is 0 Å². The number of benzene rings is 1. The van der Waals surface area contributed by atoms with Crippen molar-refractivity contribution in [3.05, 3.63) is 46.5 Å². The average Bonchev–Trinajstić information content (AvgIpc) is 2.37. The number of rotatable bonds is 0. The quantitative estimate of drug-likeness (QED) is 0.732. The lowest BCUT2D eigenvalue weighted by Crippen LogP contribution is -2.39. The van der Waals surface area contributed by atoms with Gasteiger partial charge >= 0.3 is 6.09 Å². The van der Waals surface area contributed by atoms with E-state index in [9.17, 15) is 9.90 Å². The van der Waals surface area contributed by atoms with Gasteiger partial charge in [0.05, 0.1) is 5.70 Å². The standard InChI is InChI=1S/C14H13NO2/c16-14(17)15-9-10-5-1-2-6-11(10)12-7-3-4-8-13(12)15/h1-2,5-6,8-9H,3-4,7H2,(H,16,17). The van der Waals surface area contributed by atoms with Crippen LogP contribution in [0.1, 0.15) is 19.3 Å². The second-order valence-electron chi connectivity index (χ2n) is 4.33. The van der Waals surface area contributed by atoms with Crippen LogP contribution in [0.2, 0.25) is 0 Å². The van der Waals surface area contributed by atoms with E-state index in [2.05, 4.69) is 6.07 Å². The molecule has 3 heteroatoms. The molecule has 1 aliphatic carbocycles. The minimum atomic E-state index is -0.912. The molecular weight excluding hydrogens is 214 g/mol. The summed E-state index contributed by atoms with van der Waals surface area (Å²) in [6, 6.07) is 7.97. The summed E-state index contributed by atoms with van der Waals surface area (Å²) in [5.74, 6) is 0. The van der Waals surface area contributed by atoms with Crippen molar-refractivity contribution in [2.45, 2.75) is 19.3 Å². The monoisotopic (exact) mass is 227 g/mol. The predicted molar refractivity (Wildman–Crippen MR) is 65.4 cm³/mol. The van der Waals surface area contributed by atoms with Gasteiger partial charge in [0.15, 0.2) is 0 Å². The lowest BCUT2D eigenvalue weighted by molar-refractivity contribution is 0.176. The zero-order valence-corrected chi connectivity index (χ0v) is 9.39. The van der Waals surface area contributed by atoms with Crippen LogP contribution in [0.3, 0.4) is 0 Å². The topological polar surface area (TPSA) is 40.5 Å². The van der Waals surface area contributed by atoms with Crippen molar-refractivity contribution in [1.82, 2.24) is 4.90 Å². The third-order valence-electron chi connectivity index (χ3n) is 3.30. The molecular formula is C14H13NO2. The first-order chi connectivity index (χ1) is 8.27. The summed E-state index contributed by atoms with van der Waals surface area (Å²) in [5, 5.41) is 11.4. The number of carbonyl (C=O) groups is 1. The maximum Gasteiger partial charge on any atom is 0.415 e. The normalized spacial score (nSPS) is 17.8. The Morgan fingerprint density at radius 2 is 2.12 bits per heavy atom. The zero-order valence-electron chi connectivity index (χ0n) is 9.39. The molecule has 1 aromatic carbocycles. The van der Waals surface area contributed by atoms with Gasteiger partial charge in [-0.25, -0.2) is 4.79 Å². The summed E-state index contributed by atoms with van der Waals surface area (Å²) in [4.78, 5) is 12.6. The van der Waals surface area contributed by atoms with Crippen LogP contribution < -0.4 is 10.4 Å². The lowest BCUT2D eigenvalue weighted by atomic mass is 9.93. The minimum Gasteiger partial charge on any atom is -0.464 e. The number of fused-ring (bicyclic) bond motifs is 2. The van der Waals surface area contributed by atoms with E-state index in [1.807, 2.05) is 24.3 Å². The number of nitrogens with zero attached hydrogens (tertiary/aromatic N) is 1. The molecule has 0 saturated heterocycles. The van der Waals surface area contributed by atoms with Crippen LogP contribution in [-0.4, -0.2) is 16.1 Å². The van der Waals surface area contributed by atoms with Gasteiger partial charge in [-0.3, -0.25) is 4.90 Å². The van der Waals surface area contributed by atoms with Gasteiger partial charge in [0, 0.05) is 6.20 Å². The van der Waals surface area contributed by atoms with Gasteiger partial charge in [-0.05, 0) is 35.3 Å². The Hall–Kier alpha value is -2.03. The Morgan fingerprint density at radius 3 is 2.94 bits per heavy atom. The summed E-state index contributed by atoms with van der Waals surface area (Å²) >= 11 is 0. The number of allylic oxidation sites excluding steroid dienone is 2. The van der Waals surface area contributed by atoms with Crippen LogP contribution in [0.15, 0.2) is 36.0 Å². The molecule has 0 aromatic heterocycles. The SMILES string of the molecule is O=C(O)N1C=c2ccccc2=C2CCCC=C21. The summed E-state index contributed by atoms with van der Waals surface area (Å²) < 4.78 is 0. The number of amides is 1. The number of hydrogen-bond donors (Lipinski definition) is 1. The summed E-state index contributed by atoms with van der Waals surface area (Å²) in [7, 11) is 0. The largest absolute Gasteiger partial charge is 0.464 e. The van der Waals surface area contributed by atoms with Crippen LogP contribution in [-0.2, 0) is 0 Å². The highest BCUT2D eigenvalue weighted by Gasteiger charge is 2.23. The first-order valence-corrected chi connectivity index (χ1v) is 5.80. The average molecular weight is 227 g/mol. The van der Waals surface area contributed by atoms with Gasteiger partial charge in [-0.15, -0.1) is 0 Å². The molecule has 2 aliphatic rings. The fourth-order valence-electron chi connectivity index (χ4n) is 2.54. The van der Waals surface area contributed by atoms with E-state index < -0.39 is 6.09 Å². The van der Waals surface area contributed by atoms with Gasteiger partial charge in [0.1, 0.15) is 0 Å². The van der Waals surface area contributed by atoms with Crippen LogP contribution >= 0.6 is 0 Å². The second kappa shape index (κ2) is 3.77. The molecule has 1 aliphatic heterocycles. The Labute approximate surface area is 99.0 Å². The molecule has 3 rings (SSSR count). The van der Waals surface area contributed by atoms with Crippen molar-refractivity contribution in [2.75, 3.05) is 0 Å². The molecule has 0 radical (unpaired) electrons. The highest BCUT2D eigenvalue weighted by atomic mass is 16.4. The van der Waals surface area contributed by atoms with Crippen LogP contribution in [0.5, 0.6) is 0 Å². The Morgan fingerprint density at radius 1 is 1.29 bits per heavy atom. The third kappa shape index (κ3) is 1.55. The molecule has 3 nitrogen and oxygen atoms in total. The molecule has 0 bridgehead atoms. The van der Waals surface area contributed by atoms with Crippen LogP contribution in [0.4, 0.5) is 4.79 Å². The fraction of sp³-hybridized carbons (Fsp3) is 0.214. The van der Waals surface area contributed by atoms with Gasteiger partial charge in [-0.2, -0.15) is 0 Å². The van der Waals surface area contributed by atoms with Crippen molar-refractivity contribution in [2.24, 2.45) is 0 Å². The highest BCUT2D eigenvalue weighted by Crippen LogP contribution is 2.28. The second-order valence-corrected chi connectivity index (χ2v) is 4.33. The summed E-state index contributed by atoms with van der Waals surface area (Å²) in [6.07, 6.45) is 5.84. The first kappa shape index (κ1) is 10.1. The number of hydrogen-bond acceptors (Lipinski definition) is 1. The van der Waals surface area contributed by atoms with E-state index in [1.165, 1.54) is 10.1 Å². The molecule has 0 unspecified atom stereocenters. The summed E-state index contributed by atoms with van der Waals surface area (Å²) in [5.41, 5.74) is 2.01. The molecule has 86 valence electrons. The molecule has 0 saturated carbocycles. The number of carboxylic acid groups (broad SMARTS) is 1. The van der Waals surface area contributed by atoms with Crippen molar-refractivity contribution < 1.29 is 9.90 Å². The van der Waals surface area contributed by atoms with E-state index in [0.717, 1.165) is 35.8 Å². The molecule has 17 heavy (non-hydrogen) atoms. The van der Waals surface area contributed by atoms with Gasteiger partial charge in [-0.1, -0.05) is 30.3 Å². The minimum absolute atomic E-state index is 0.849. The molecule has 0 atom stereocenters. The first-order valence-electron chi connectivity index (χ1n) is 5.80. The van der Waals surface area contributed by atoms with Crippen LogP contribution in [0, 0.1) is 0 Å². The Bertz CT molecular complexity index is 628. The Kier molecular flexibility index (Phi) is 2.25. The predicted octanol–water partition coefficient (Wildman–Crippen LogP) is 1.64. The van der Waals surface area contributed by atoms with E-state index in [1.54, 1.807) is 6.20 Å². The van der Waals surface area contributed by atoms with E-state index in [-0.39, 0.29) is 0 Å². The van der Waals surface area contributed by atoms with Gasteiger partial charge in [0.25, 0.3) is 0 Å². The molecule has 1 aromatic rings. The third-order valence-corrected chi connectivity index (χ3v) is 3.30. The maximum atomic E-state index is 11.3. The van der Waals surface area contributed by atoms with Crippen molar-refractivity contribution in [3.8, 4) is 0 Å². The smallest absolute Gasteiger partial charge is 0.415 e. The fourth-order valence-corrected chi connectivity index (χ4v) is 2.54. The van der Waals surface area contributed by atoms with E-state index in [4.69, 9.17) is 0 Å². The molecule has 0 spiro atoms. The molecule has 1 amide bonds. The molecule has 0 fully saturated rings. The molecule has 1 N–H and O–H groups in total. The Balaban J connectivity index is 2.35. The highest BCUT2D eigenvalue weighted by molar-refractivity contribution is 5.82. The zero-order chi connectivity index (χ0) is 11.8. The van der Waals surface area contributed by atoms with Crippen LogP contribution in [0.25, 0.3) is 11.8 Å². The van der Waals surface area contributed by atoms with Gasteiger partial charge < -0.3 is 5.11 Å². The maximum absolute atomic E-state index is 11.3. The van der Waals surface area contributed by atoms with Gasteiger partial charge in [0.2, 0.25) is 0 Å². The van der Waals surface area contributed by atoms with E-state index in [0.29, 0.717) is 0 Å². The van der Waals surface area contributed by atoms with Crippen molar-refractivity contribution >= 4 is 17.9 Å². The molecule has 1 heterocycles. The summed E-state index contributed by atoms with van der Waals surface area (Å²) in [6.45, 7) is 0.